The number of carboxylic acids is 2. The first-order valence-electron chi connectivity index (χ1n) is 7.18. The van der Waals surface area contributed by atoms with Gasteiger partial charge in [-0.05, 0) is 24.7 Å². The van der Waals surface area contributed by atoms with Crippen molar-refractivity contribution in [2.75, 3.05) is 6.54 Å². The van der Waals surface area contributed by atoms with Gasteiger partial charge in [0.15, 0.2) is 0 Å². The van der Waals surface area contributed by atoms with Crippen molar-refractivity contribution >= 4 is 17.8 Å². The van der Waals surface area contributed by atoms with Gasteiger partial charge in [-0.3, -0.25) is 9.59 Å². The molecule has 112 valence electrons. The number of hydrogen-bond donors (Lipinski definition) is 2. The second-order valence-electron chi connectivity index (χ2n) is 6.05. The molecule has 1 saturated heterocycles. The molecule has 2 fully saturated rings. The van der Waals surface area contributed by atoms with E-state index in [0.717, 1.165) is 25.7 Å². The summed E-state index contributed by atoms with van der Waals surface area (Å²) in [5.41, 5.74) is -0.0632. The van der Waals surface area contributed by atoms with E-state index in [1.165, 1.54) is 11.3 Å². The fraction of sp³-hybridized carbons (Fsp3) is 0.786. The summed E-state index contributed by atoms with van der Waals surface area (Å²) in [6.45, 7) is 0.475. The average molecular weight is 283 g/mol. The summed E-state index contributed by atoms with van der Waals surface area (Å²) in [6, 6.07) is -1.00. The van der Waals surface area contributed by atoms with Gasteiger partial charge < -0.3 is 15.1 Å². The molecular formula is C14H21NO5. The molecule has 0 aromatic heterocycles. The second kappa shape index (κ2) is 5.81. The van der Waals surface area contributed by atoms with E-state index in [-0.39, 0.29) is 24.2 Å². The number of hydrogen-bond acceptors (Lipinski definition) is 3. The number of rotatable bonds is 5. The highest BCUT2D eigenvalue weighted by Crippen LogP contribution is 2.45. The molecular weight excluding hydrogens is 262 g/mol. The summed E-state index contributed by atoms with van der Waals surface area (Å²) in [5, 5.41) is 18.0. The Labute approximate surface area is 117 Å². The van der Waals surface area contributed by atoms with Gasteiger partial charge in [0.1, 0.15) is 6.04 Å². The monoisotopic (exact) mass is 283 g/mol. The lowest BCUT2D eigenvalue weighted by molar-refractivity contribution is -0.149. The standard InChI is InChI=1S/C14H21NO5/c16-11-8-14(6-2-1-3-7-14)9-15(11)10(13(19)20)4-5-12(17)18/h10H,1-9H2,(H,17,18)(H,19,20). The van der Waals surface area contributed by atoms with E-state index in [9.17, 15) is 19.5 Å². The minimum atomic E-state index is -1.10. The van der Waals surface area contributed by atoms with Crippen LogP contribution in [0.5, 0.6) is 0 Å². The van der Waals surface area contributed by atoms with Crippen molar-refractivity contribution in [3.8, 4) is 0 Å². The van der Waals surface area contributed by atoms with Crippen LogP contribution in [0.2, 0.25) is 0 Å². The highest BCUT2D eigenvalue weighted by Gasteiger charge is 2.47. The van der Waals surface area contributed by atoms with Crippen molar-refractivity contribution in [2.24, 2.45) is 5.41 Å². The van der Waals surface area contributed by atoms with Crippen molar-refractivity contribution in [3.63, 3.8) is 0 Å². The number of aliphatic carboxylic acids is 2. The van der Waals surface area contributed by atoms with Gasteiger partial charge in [0.2, 0.25) is 5.91 Å². The van der Waals surface area contributed by atoms with Crippen LogP contribution in [0.1, 0.15) is 51.4 Å². The van der Waals surface area contributed by atoms with Crippen LogP contribution < -0.4 is 0 Å². The molecule has 20 heavy (non-hydrogen) atoms. The summed E-state index contributed by atoms with van der Waals surface area (Å²) >= 11 is 0. The van der Waals surface area contributed by atoms with Crippen LogP contribution in [-0.2, 0) is 14.4 Å². The van der Waals surface area contributed by atoms with Crippen LogP contribution in [0.15, 0.2) is 0 Å². The van der Waals surface area contributed by atoms with E-state index < -0.39 is 18.0 Å². The van der Waals surface area contributed by atoms with Gasteiger partial charge in [0.05, 0.1) is 0 Å². The van der Waals surface area contributed by atoms with E-state index in [1.54, 1.807) is 0 Å². The first-order valence-corrected chi connectivity index (χ1v) is 7.18. The molecule has 0 radical (unpaired) electrons. The van der Waals surface area contributed by atoms with Crippen LogP contribution in [0.4, 0.5) is 0 Å². The molecule has 0 aromatic rings. The molecule has 1 saturated carbocycles. The molecule has 1 aliphatic heterocycles. The molecule has 1 unspecified atom stereocenters. The van der Waals surface area contributed by atoms with Crippen molar-refractivity contribution in [2.45, 2.75) is 57.4 Å². The van der Waals surface area contributed by atoms with Gasteiger partial charge in [0, 0.05) is 19.4 Å². The molecule has 1 spiro atoms. The Balaban J connectivity index is 2.07. The van der Waals surface area contributed by atoms with Crippen molar-refractivity contribution < 1.29 is 24.6 Å². The van der Waals surface area contributed by atoms with Crippen LogP contribution in [-0.4, -0.2) is 45.5 Å². The van der Waals surface area contributed by atoms with Crippen LogP contribution in [0.25, 0.3) is 0 Å². The van der Waals surface area contributed by atoms with E-state index in [1.807, 2.05) is 0 Å². The minimum Gasteiger partial charge on any atom is -0.481 e. The summed E-state index contributed by atoms with van der Waals surface area (Å²) < 4.78 is 0. The molecule has 2 rings (SSSR count). The number of nitrogens with zero attached hydrogens (tertiary/aromatic N) is 1. The average Bonchev–Trinajstić information content (AvgIpc) is 2.66. The molecule has 1 amide bonds. The fourth-order valence-corrected chi connectivity index (χ4v) is 3.52. The largest absolute Gasteiger partial charge is 0.481 e. The van der Waals surface area contributed by atoms with Gasteiger partial charge in [-0.2, -0.15) is 0 Å². The smallest absolute Gasteiger partial charge is 0.326 e. The number of likely N-dealkylation sites (tertiary alicyclic amines) is 1. The zero-order chi connectivity index (χ0) is 14.8. The van der Waals surface area contributed by atoms with Crippen LogP contribution >= 0.6 is 0 Å². The van der Waals surface area contributed by atoms with E-state index in [0.29, 0.717) is 13.0 Å². The number of amides is 1. The van der Waals surface area contributed by atoms with Crippen molar-refractivity contribution in [1.29, 1.82) is 0 Å². The topological polar surface area (TPSA) is 94.9 Å². The van der Waals surface area contributed by atoms with Crippen molar-refractivity contribution in [3.05, 3.63) is 0 Å². The lowest BCUT2D eigenvalue weighted by Crippen LogP contribution is -2.43. The quantitative estimate of drug-likeness (QED) is 0.797. The zero-order valence-electron chi connectivity index (χ0n) is 11.5. The van der Waals surface area contributed by atoms with Gasteiger partial charge in [0.25, 0.3) is 0 Å². The van der Waals surface area contributed by atoms with Gasteiger partial charge in [-0.15, -0.1) is 0 Å². The summed E-state index contributed by atoms with van der Waals surface area (Å²) in [6.07, 6.45) is 5.48. The maximum absolute atomic E-state index is 12.2. The van der Waals surface area contributed by atoms with Crippen LogP contribution in [0.3, 0.4) is 0 Å². The van der Waals surface area contributed by atoms with Gasteiger partial charge >= 0.3 is 11.9 Å². The Morgan fingerprint density at radius 1 is 1.20 bits per heavy atom. The van der Waals surface area contributed by atoms with Gasteiger partial charge in [-0.25, -0.2) is 4.79 Å². The predicted molar refractivity (Wildman–Crippen MR) is 70.1 cm³/mol. The minimum absolute atomic E-state index is 0.0213. The fourth-order valence-electron chi connectivity index (χ4n) is 3.52. The Morgan fingerprint density at radius 3 is 2.40 bits per heavy atom. The zero-order valence-corrected chi connectivity index (χ0v) is 11.5. The summed E-state index contributed by atoms with van der Waals surface area (Å²) in [7, 11) is 0. The third-order valence-electron chi connectivity index (χ3n) is 4.56. The summed E-state index contributed by atoms with van der Waals surface area (Å²) in [5.74, 6) is -2.27. The molecule has 0 aromatic carbocycles. The number of carbonyl (C=O) groups is 3. The number of carboxylic acid groups (broad SMARTS) is 2. The molecule has 0 bridgehead atoms. The van der Waals surface area contributed by atoms with E-state index in [2.05, 4.69) is 0 Å². The second-order valence-corrected chi connectivity index (χ2v) is 6.05. The van der Waals surface area contributed by atoms with E-state index >= 15 is 0 Å². The highest BCUT2D eigenvalue weighted by atomic mass is 16.4. The lowest BCUT2D eigenvalue weighted by atomic mass is 9.73. The third kappa shape index (κ3) is 3.11. The Kier molecular flexibility index (Phi) is 4.30. The normalized spacial score (nSPS) is 23.0. The highest BCUT2D eigenvalue weighted by molar-refractivity contribution is 5.86. The Hall–Kier alpha value is -1.59. The molecule has 2 aliphatic rings. The maximum atomic E-state index is 12.2. The van der Waals surface area contributed by atoms with Gasteiger partial charge in [-0.1, -0.05) is 19.3 Å². The molecule has 1 heterocycles. The maximum Gasteiger partial charge on any atom is 0.326 e. The molecule has 1 atom stereocenters. The Morgan fingerprint density at radius 2 is 1.85 bits per heavy atom. The predicted octanol–water partition coefficient (Wildman–Crippen LogP) is 1.49. The first kappa shape index (κ1) is 14.8. The SMILES string of the molecule is O=C(O)CCC(C(=O)O)N1CC2(CCCCC2)CC1=O. The van der Waals surface area contributed by atoms with Crippen molar-refractivity contribution in [1.82, 2.24) is 4.90 Å². The van der Waals surface area contributed by atoms with E-state index in [4.69, 9.17) is 5.11 Å². The number of carbonyl (C=O) groups excluding carboxylic acids is 1. The molecule has 6 heteroatoms. The molecule has 1 aliphatic carbocycles. The Bertz CT molecular complexity index is 414. The summed E-state index contributed by atoms with van der Waals surface area (Å²) in [4.78, 5) is 35.5. The van der Waals surface area contributed by atoms with Crippen LogP contribution in [0, 0.1) is 5.41 Å². The first-order chi connectivity index (χ1) is 9.43. The molecule has 6 nitrogen and oxygen atoms in total. The third-order valence-corrected chi connectivity index (χ3v) is 4.56. The lowest BCUT2D eigenvalue weighted by Gasteiger charge is -2.33. The molecule has 2 N–H and O–H groups in total.